The van der Waals surface area contributed by atoms with Crippen molar-refractivity contribution >= 4 is 37.3 Å². The van der Waals surface area contributed by atoms with Crippen molar-refractivity contribution in [2.45, 2.75) is 11.8 Å². The number of nitrogens with one attached hydrogen (secondary N) is 1. The fourth-order valence-electron chi connectivity index (χ4n) is 3.41. The van der Waals surface area contributed by atoms with Crippen LogP contribution in [0.2, 0.25) is 0 Å². The van der Waals surface area contributed by atoms with Gasteiger partial charge in [0.15, 0.2) is 11.5 Å². The molecule has 2 heterocycles. The van der Waals surface area contributed by atoms with E-state index < -0.39 is 31.9 Å². The molecule has 2 aromatic carbocycles. The molecule has 0 bridgehead atoms. The fraction of sp³-hybridized carbons (Fsp3) is 0.316. The summed E-state index contributed by atoms with van der Waals surface area (Å²) in [5.41, 5.74) is 0.146. The zero-order valence-electron chi connectivity index (χ0n) is 16.7. The van der Waals surface area contributed by atoms with E-state index in [1.165, 1.54) is 38.3 Å². The Morgan fingerprint density at radius 3 is 2.45 bits per heavy atom. The number of sulfonamides is 2. The average molecular weight is 469 g/mol. The molecular weight excluding hydrogens is 448 g/mol. The number of rotatable bonds is 5. The molecule has 0 spiro atoms. The van der Waals surface area contributed by atoms with Gasteiger partial charge in [-0.1, -0.05) is 6.92 Å². The standard InChI is InChI=1S/C19H20N2O8S2/c1-12-11-30(23,24)21(19(12)22)14-4-6-16(27-2)18(10-14)31(25,26)20-13-3-5-15-17(9-13)29-8-7-28-15/h3-6,9-10,12,20H,7-8,11H2,1-2H3. The van der Waals surface area contributed by atoms with E-state index in [1.54, 1.807) is 6.07 Å². The highest BCUT2D eigenvalue weighted by Crippen LogP contribution is 2.36. The zero-order valence-corrected chi connectivity index (χ0v) is 18.3. The lowest BCUT2D eigenvalue weighted by Crippen LogP contribution is -2.30. The molecule has 0 aromatic heterocycles. The first kappa shape index (κ1) is 21.2. The molecule has 1 saturated heterocycles. The predicted octanol–water partition coefficient (Wildman–Crippen LogP) is 1.58. The van der Waals surface area contributed by atoms with E-state index in [0.717, 1.165) is 6.07 Å². The molecular formula is C19H20N2O8S2. The van der Waals surface area contributed by atoms with Crippen LogP contribution >= 0.6 is 0 Å². The summed E-state index contributed by atoms with van der Waals surface area (Å²) < 4.78 is 70.1. The maximum absolute atomic E-state index is 13.1. The lowest BCUT2D eigenvalue weighted by molar-refractivity contribution is -0.119. The number of benzene rings is 2. The summed E-state index contributed by atoms with van der Waals surface area (Å²) in [6.45, 7) is 2.25. The first-order valence-electron chi connectivity index (χ1n) is 9.30. The Bertz CT molecular complexity index is 1260. The van der Waals surface area contributed by atoms with Crippen molar-refractivity contribution in [2.75, 3.05) is 35.1 Å². The van der Waals surface area contributed by atoms with Crippen molar-refractivity contribution in [2.24, 2.45) is 5.92 Å². The number of carbonyl (C=O) groups excluding carboxylic acids is 1. The summed E-state index contributed by atoms with van der Waals surface area (Å²) in [4.78, 5) is 12.1. The third-order valence-corrected chi connectivity index (χ3v) is 8.10. The Balaban J connectivity index is 1.72. The van der Waals surface area contributed by atoms with Crippen LogP contribution in [0.1, 0.15) is 6.92 Å². The topological polar surface area (TPSA) is 128 Å². The maximum Gasteiger partial charge on any atom is 0.265 e. The summed E-state index contributed by atoms with van der Waals surface area (Å²) in [7, 11) is -6.81. The minimum Gasteiger partial charge on any atom is -0.495 e. The zero-order chi connectivity index (χ0) is 22.4. The molecule has 1 N–H and O–H groups in total. The second-order valence-electron chi connectivity index (χ2n) is 7.08. The number of amides is 1. The van der Waals surface area contributed by atoms with Gasteiger partial charge in [0.2, 0.25) is 15.9 Å². The van der Waals surface area contributed by atoms with Gasteiger partial charge in [-0.05, 0) is 30.3 Å². The van der Waals surface area contributed by atoms with Gasteiger partial charge in [0.1, 0.15) is 23.9 Å². The molecule has 166 valence electrons. The third-order valence-electron chi connectivity index (χ3n) is 4.83. The number of ether oxygens (including phenoxy) is 3. The molecule has 1 unspecified atom stereocenters. The van der Waals surface area contributed by atoms with Crippen LogP contribution in [-0.4, -0.2) is 48.8 Å². The van der Waals surface area contributed by atoms with E-state index >= 15 is 0 Å². The van der Waals surface area contributed by atoms with Crippen LogP contribution < -0.4 is 23.2 Å². The van der Waals surface area contributed by atoms with Crippen molar-refractivity contribution in [3.63, 3.8) is 0 Å². The normalized spacial score (nSPS) is 19.9. The predicted molar refractivity (Wildman–Crippen MR) is 112 cm³/mol. The van der Waals surface area contributed by atoms with Crippen molar-refractivity contribution in [3.05, 3.63) is 36.4 Å². The van der Waals surface area contributed by atoms with Crippen LogP contribution in [0.25, 0.3) is 0 Å². The summed E-state index contributed by atoms with van der Waals surface area (Å²) in [6.07, 6.45) is 0. The smallest absolute Gasteiger partial charge is 0.265 e. The number of hydrogen-bond acceptors (Lipinski definition) is 8. The number of hydrogen-bond donors (Lipinski definition) is 1. The first-order valence-corrected chi connectivity index (χ1v) is 12.4. The van der Waals surface area contributed by atoms with Crippen molar-refractivity contribution < 1.29 is 35.8 Å². The van der Waals surface area contributed by atoms with Crippen LogP contribution in [0, 0.1) is 5.92 Å². The molecule has 2 aliphatic heterocycles. The van der Waals surface area contributed by atoms with Gasteiger partial charge in [-0.25, -0.2) is 21.1 Å². The quantitative estimate of drug-likeness (QED) is 0.700. The molecule has 0 aliphatic carbocycles. The summed E-state index contributed by atoms with van der Waals surface area (Å²) in [5.74, 6) is -0.784. The molecule has 1 atom stereocenters. The SMILES string of the molecule is COc1ccc(N2C(=O)C(C)CS2(=O)=O)cc1S(=O)(=O)Nc1ccc2c(c1)OCCO2. The highest BCUT2D eigenvalue weighted by Gasteiger charge is 2.42. The fourth-order valence-corrected chi connectivity index (χ4v) is 6.46. The highest BCUT2D eigenvalue weighted by molar-refractivity contribution is 7.94. The Morgan fingerprint density at radius 1 is 1.10 bits per heavy atom. The Labute approximate surface area is 179 Å². The van der Waals surface area contributed by atoms with Gasteiger partial charge in [0, 0.05) is 6.07 Å². The third kappa shape index (κ3) is 3.88. The number of fused-ring (bicyclic) bond motifs is 1. The van der Waals surface area contributed by atoms with Crippen LogP contribution in [0.4, 0.5) is 11.4 Å². The average Bonchev–Trinajstić information content (AvgIpc) is 2.93. The van der Waals surface area contributed by atoms with E-state index in [4.69, 9.17) is 14.2 Å². The van der Waals surface area contributed by atoms with Crippen LogP contribution in [0.3, 0.4) is 0 Å². The Kier molecular flexibility index (Phi) is 5.21. The van der Waals surface area contributed by atoms with Gasteiger partial charge in [-0.15, -0.1) is 0 Å². The maximum atomic E-state index is 13.1. The largest absolute Gasteiger partial charge is 0.495 e. The number of carbonyl (C=O) groups is 1. The number of nitrogens with zero attached hydrogens (tertiary/aromatic N) is 1. The molecule has 10 nitrogen and oxygen atoms in total. The van der Waals surface area contributed by atoms with E-state index in [1.807, 2.05) is 0 Å². The molecule has 2 aromatic rings. The van der Waals surface area contributed by atoms with Gasteiger partial charge < -0.3 is 14.2 Å². The van der Waals surface area contributed by atoms with Crippen molar-refractivity contribution in [1.82, 2.24) is 0 Å². The van der Waals surface area contributed by atoms with Crippen LogP contribution in [0.5, 0.6) is 17.2 Å². The summed E-state index contributed by atoms with van der Waals surface area (Å²) >= 11 is 0. The molecule has 12 heteroatoms. The van der Waals surface area contributed by atoms with Gasteiger partial charge >= 0.3 is 0 Å². The highest BCUT2D eigenvalue weighted by atomic mass is 32.2. The Hall–Kier alpha value is -2.99. The lowest BCUT2D eigenvalue weighted by atomic mass is 10.2. The van der Waals surface area contributed by atoms with Crippen molar-refractivity contribution in [1.29, 1.82) is 0 Å². The first-order chi connectivity index (χ1) is 14.6. The summed E-state index contributed by atoms with van der Waals surface area (Å²) in [6, 6.07) is 8.31. The van der Waals surface area contributed by atoms with Crippen LogP contribution in [0.15, 0.2) is 41.3 Å². The van der Waals surface area contributed by atoms with Gasteiger partial charge in [-0.2, -0.15) is 0 Å². The molecule has 31 heavy (non-hydrogen) atoms. The Morgan fingerprint density at radius 2 is 1.81 bits per heavy atom. The van der Waals surface area contributed by atoms with E-state index in [-0.39, 0.29) is 27.8 Å². The number of methoxy groups -OCH3 is 1. The van der Waals surface area contributed by atoms with E-state index in [2.05, 4.69) is 4.72 Å². The van der Waals surface area contributed by atoms with Gasteiger partial charge in [-0.3, -0.25) is 9.52 Å². The molecule has 1 fully saturated rings. The van der Waals surface area contributed by atoms with Gasteiger partial charge in [0.05, 0.1) is 30.2 Å². The minimum atomic E-state index is -4.21. The van der Waals surface area contributed by atoms with Crippen LogP contribution in [-0.2, 0) is 24.8 Å². The minimum absolute atomic E-state index is 0.00844. The molecule has 1 amide bonds. The molecule has 4 rings (SSSR count). The van der Waals surface area contributed by atoms with E-state index in [0.29, 0.717) is 29.0 Å². The molecule has 0 saturated carbocycles. The van der Waals surface area contributed by atoms with Gasteiger partial charge in [0.25, 0.3) is 10.0 Å². The monoisotopic (exact) mass is 468 g/mol. The number of anilines is 2. The molecule has 2 aliphatic rings. The lowest BCUT2D eigenvalue weighted by Gasteiger charge is -2.20. The second-order valence-corrected chi connectivity index (χ2v) is 10.6. The summed E-state index contributed by atoms with van der Waals surface area (Å²) in [5, 5.41) is 0. The van der Waals surface area contributed by atoms with E-state index in [9.17, 15) is 21.6 Å². The molecule has 0 radical (unpaired) electrons. The second kappa shape index (κ2) is 7.61. The van der Waals surface area contributed by atoms with Crippen molar-refractivity contribution in [3.8, 4) is 17.2 Å².